The van der Waals surface area contributed by atoms with E-state index in [9.17, 15) is 4.79 Å². The van der Waals surface area contributed by atoms with E-state index >= 15 is 0 Å². The van der Waals surface area contributed by atoms with Crippen molar-refractivity contribution in [2.75, 3.05) is 26.7 Å². The molecule has 1 aliphatic heterocycles. The Kier molecular flexibility index (Phi) is 5.41. The minimum absolute atomic E-state index is 0.0974. The maximum atomic E-state index is 13.0. The number of para-hydroxylation sites is 2. The summed E-state index contributed by atoms with van der Waals surface area (Å²) in [5.41, 5.74) is 3.83. The van der Waals surface area contributed by atoms with Crippen LogP contribution in [-0.2, 0) is 0 Å². The molecular weight excluding hydrogens is 360 g/mol. The van der Waals surface area contributed by atoms with E-state index in [0.717, 1.165) is 54.2 Å². The summed E-state index contributed by atoms with van der Waals surface area (Å²) < 4.78 is 2.13. The van der Waals surface area contributed by atoms with Gasteiger partial charge in [-0.25, -0.2) is 4.98 Å². The van der Waals surface area contributed by atoms with E-state index in [-0.39, 0.29) is 5.91 Å². The van der Waals surface area contributed by atoms with Crippen molar-refractivity contribution in [3.63, 3.8) is 0 Å². The Hall–Kier alpha value is -2.66. The highest BCUT2D eigenvalue weighted by atomic mass is 16.2. The maximum Gasteiger partial charge on any atom is 0.253 e. The molecule has 152 valence electrons. The zero-order valence-electron chi connectivity index (χ0n) is 17.8. The lowest BCUT2D eigenvalue weighted by atomic mass is 10.1. The second-order valence-electron chi connectivity index (χ2n) is 8.54. The number of hydrogen-bond acceptors (Lipinski definition) is 3. The maximum absolute atomic E-state index is 13.0. The molecule has 5 nitrogen and oxygen atoms in total. The molecule has 2 heterocycles. The van der Waals surface area contributed by atoms with Crippen LogP contribution in [0.25, 0.3) is 16.7 Å². The zero-order valence-corrected chi connectivity index (χ0v) is 17.8. The van der Waals surface area contributed by atoms with Gasteiger partial charge in [-0.1, -0.05) is 26.0 Å². The van der Waals surface area contributed by atoms with Crippen LogP contribution in [0.3, 0.4) is 0 Å². The summed E-state index contributed by atoms with van der Waals surface area (Å²) in [4.78, 5) is 22.1. The average molecular weight is 391 g/mol. The van der Waals surface area contributed by atoms with Gasteiger partial charge in [0.15, 0.2) is 0 Å². The summed E-state index contributed by atoms with van der Waals surface area (Å²) in [5.74, 6) is 1.70. The second kappa shape index (κ2) is 7.99. The number of amides is 1. The molecule has 5 heteroatoms. The molecule has 0 N–H and O–H groups in total. The van der Waals surface area contributed by atoms with Gasteiger partial charge in [-0.2, -0.15) is 0 Å². The lowest BCUT2D eigenvalue weighted by Gasteiger charge is -2.25. The molecule has 1 fully saturated rings. The third kappa shape index (κ3) is 3.92. The fourth-order valence-electron chi connectivity index (χ4n) is 4.41. The number of likely N-dealkylation sites (tertiary alicyclic amines) is 1. The van der Waals surface area contributed by atoms with Gasteiger partial charge in [0.05, 0.1) is 11.0 Å². The van der Waals surface area contributed by atoms with Crippen molar-refractivity contribution in [2.45, 2.75) is 33.2 Å². The molecule has 1 aromatic heterocycles. The van der Waals surface area contributed by atoms with Crippen LogP contribution in [-0.4, -0.2) is 58.0 Å². The van der Waals surface area contributed by atoms with Crippen molar-refractivity contribution in [2.24, 2.45) is 5.92 Å². The summed E-state index contributed by atoms with van der Waals surface area (Å²) in [7, 11) is 1.94. The number of nitrogens with zero attached hydrogens (tertiary/aromatic N) is 4. The predicted octanol–water partition coefficient (Wildman–Crippen LogP) is 4.14. The lowest BCUT2D eigenvalue weighted by molar-refractivity contribution is 0.0734. The third-order valence-electron chi connectivity index (χ3n) is 5.84. The van der Waals surface area contributed by atoms with Crippen molar-refractivity contribution in [3.8, 4) is 5.69 Å². The highest BCUT2D eigenvalue weighted by Crippen LogP contribution is 2.22. The Morgan fingerprint density at radius 3 is 2.62 bits per heavy atom. The van der Waals surface area contributed by atoms with E-state index in [1.807, 2.05) is 61.3 Å². The summed E-state index contributed by atoms with van der Waals surface area (Å²) >= 11 is 0. The van der Waals surface area contributed by atoms with Gasteiger partial charge in [0.1, 0.15) is 5.82 Å². The smallest absolute Gasteiger partial charge is 0.253 e. The summed E-state index contributed by atoms with van der Waals surface area (Å²) in [6.07, 6.45) is 1.05. The fraction of sp³-hybridized carbons (Fsp3) is 0.417. The van der Waals surface area contributed by atoms with Gasteiger partial charge in [-0.3, -0.25) is 9.36 Å². The van der Waals surface area contributed by atoms with Crippen molar-refractivity contribution < 1.29 is 4.79 Å². The number of rotatable bonds is 5. The summed E-state index contributed by atoms with van der Waals surface area (Å²) in [5, 5.41) is 0. The number of aromatic nitrogens is 2. The first-order valence-corrected chi connectivity index (χ1v) is 10.5. The molecule has 1 saturated heterocycles. The Balaban J connectivity index is 1.50. The molecule has 1 amide bonds. The molecule has 0 bridgehead atoms. The number of imidazole rings is 1. The van der Waals surface area contributed by atoms with Crippen molar-refractivity contribution in [1.82, 2.24) is 19.4 Å². The average Bonchev–Trinajstić information content (AvgIpc) is 3.30. The number of carbonyl (C=O) groups excluding carboxylic acids is 1. The normalized spacial score (nSPS) is 17.3. The topological polar surface area (TPSA) is 41.4 Å². The molecule has 2 aromatic carbocycles. The van der Waals surface area contributed by atoms with E-state index in [0.29, 0.717) is 12.0 Å². The molecule has 0 radical (unpaired) electrons. The van der Waals surface area contributed by atoms with E-state index in [2.05, 4.69) is 34.4 Å². The molecule has 0 unspecified atom stereocenters. The summed E-state index contributed by atoms with van der Waals surface area (Å²) in [6, 6.07) is 16.3. The van der Waals surface area contributed by atoms with Gasteiger partial charge in [0, 0.05) is 44.0 Å². The van der Waals surface area contributed by atoms with Gasteiger partial charge in [0.2, 0.25) is 0 Å². The highest BCUT2D eigenvalue weighted by molar-refractivity contribution is 5.94. The first-order valence-electron chi connectivity index (χ1n) is 10.5. The standard InChI is InChI=1S/C24H30N4O/c1-17(2)15-27-14-13-21(16-27)26(4)24(29)19-9-11-20(12-10-19)28-18(3)25-22-7-5-6-8-23(22)28/h5-12,17,21H,13-16H2,1-4H3/t21-/m1/s1. The van der Waals surface area contributed by atoms with Gasteiger partial charge in [-0.05, 0) is 55.7 Å². The number of aryl methyl sites for hydroxylation is 1. The Labute approximate surface area is 172 Å². The molecule has 0 aliphatic carbocycles. The lowest BCUT2D eigenvalue weighted by Crippen LogP contribution is -2.39. The number of fused-ring (bicyclic) bond motifs is 1. The van der Waals surface area contributed by atoms with Gasteiger partial charge >= 0.3 is 0 Å². The Morgan fingerprint density at radius 1 is 1.17 bits per heavy atom. The largest absolute Gasteiger partial charge is 0.337 e. The fourth-order valence-corrected chi connectivity index (χ4v) is 4.41. The van der Waals surface area contributed by atoms with E-state index in [1.54, 1.807) is 0 Å². The molecule has 1 aliphatic rings. The van der Waals surface area contributed by atoms with Crippen LogP contribution in [0.15, 0.2) is 48.5 Å². The molecule has 4 rings (SSSR count). The molecule has 3 aromatic rings. The van der Waals surface area contributed by atoms with Crippen molar-refractivity contribution in [3.05, 3.63) is 59.9 Å². The second-order valence-corrected chi connectivity index (χ2v) is 8.54. The van der Waals surface area contributed by atoms with E-state index in [1.165, 1.54) is 0 Å². The van der Waals surface area contributed by atoms with E-state index in [4.69, 9.17) is 0 Å². The Morgan fingerprint density at radius 2 is 1.90 bits per heavy atom. The molecule has 29 heavy (non-hydrogen) atoms. The van der Waals surface area contributed by atoms with Crippen LogP contribution in [0.4, 0.5) is 0 Å². The van der Waals surface area contributed by atoms with Gasteiger partial charge in [-0.15, -0.1) is 0 Å². The SMILES string of the molecule is Cc1nc2ccccc2n1-c1ccc(C(=O)N(C)[C@@H]2CCN(CC(C)C)C2)cc1. The number of likely N-dealkylation sites (N-methyl/N-ethyl adjacent to an activating group) is 1. The first-order chi connectivity index (χ1) is 13.9. The zero-order chi connectivity index (χ0) is 20.5. The third-order valence-corrected chi connectivity index (χ3v) is 5.84. The predicted molar refractivity (Wildman–Crippen MR) is 118 cm³/mol. The summed E-state index contributed by atoms with van der Waals surface area (Å²) in [6.45, 7) is 9.65. The van der Waals surface area contributed by atoms with Crippen LogP contribution >= 0.6 is 0 Å². The number of benzene rings is 2. The molecule has 0 spiro atoms. The Bertz CT molecular complexity index is 1010. The monoisotopic (exact) mass is 390 g/mol. The molecular formula is C24H30N4O. The van der Waals surface area contributed by atoms with E-state index < -0.39 is 0 Å². The molecule has 0 saturated carbocycles. The van der Waals surface area contributed by atoms with Crippen LogP contribution in [0.1, 0.15) is 36.5 Å². The minimum atomic E-state index is 0.0974. The van der Waals surface area contributed by atoms with Gasteiger partial charge in [0.25, 0.3) is 5.91 Å². The minimum Gasteiger partial charge on any atom is -0.337 e. The van der Waals surface area contributed by atoms with Crippen molar-refractivity contribution >= 4 is 16.9 Å². The van der Waals surface area contributed by atoms with Crippen LogP contribution in [0.2, 0.25) is 0 Å². The van der Waals surface area contributed by atoms with Gasteiger partial charge < -0.3 is 9.80 Å². The molecule has 1 atom stereocenters. The highest BCUT2D eigenvalue weighted by Gasteiger charge is 2.29. The number of hydrogen-bond donors (Lipinski definition) is 0. The van der Waals surface area contributed by atoms with Crippen LogP contribution in [0.5, 0.6) is 0 Å². The number of carbonyl (C=O) groups is 1. The van der Waals surface area contributed by atoms with Crippen LogP contribution < -0.4 is 0 Å². The van der Waals surface area contributed by atoms with Crippen molar-refractivity contribution in [1.29, 1.82) is 0 Å². The first kappa shape index (κ1) is 19.6. The van der Waals surface area contributed by atoms with Crippen LogP contribution in [0, 0.1) is 12.8 Å². The quantitative estimate of drug-likeness (QED) is 0.658.